The lowest BCUT2D eigenvalue weighted by Gasteiger charge is -2.11. The molecule has 0 bridgehead atoms. The Morgan fingerprint density at radius 3 is 2.64 bits per heavy atom. The van der Waals surface area contributed by atoms with Gasteiger partial charge in [-0.2, -0.15) is 11.8 Å². The van der Waals surface area contributed by atoms with Crippen LogP contribution in [0.5, 0.6) is 0 Å². The minimum atomic E-state index is -0.120. The predicted molar refractivity (Wildman–Crippen MR) is 96.7 cm³/mol. The number of hydrogen-bond acceptors (Lipinski definition) is 3. The zero-order chi connectivity index (χ0) is 16.0. The number of nitrogens with one attached hydrogen (secondary N) is 3. The van der Waals surface area contributed by atoms with Crippen molar-refractivity contribution in [3.63, 3.8) is 0 Å². The second-order valence-electron chi connectivity index (χ2n) is 4.74. The molecule has 122 valence electrons. The summed E-state index contributed by atoms with van der Waals surface area (Å²) < 4.78 is 0. The van der Waals surface area contributed by atoms with Crippen molar-refractivity contribution in [1.82, 2.24) is 10.6 Å². The lowest BCUT2D eigenvalue weighted by molar-refractivity contribution is -0.114. The van der Waals surface area contributed by atoms with E-state index in [2.05, 4.69) is 27.2 Å². The van der Waals surface area contributed by atoms with E-state index in [0.717, 1.165) is 25.2 Å². The molecule has 0 aliphatic rings. The lowest BCUT2D eigenvalue weighted by Crippen LogP contribution is -2.38. The van der Waals surface area contributed by atoms with Crippen molar-refractivity contribution in [2.45, 2.75) is 19.8 Å². The maximum Gasteiger partial charge on any atom is 0.246 e. The highest BCUT2D eigenvalue weighted by Crippen LogP contribution is 2.04. The Bertz CT molecular complexity index is 451. The standard InChI is InChI=1S/C16H26N4OS/c1-3-17-16(18-11-7-8-12-22-2)19-13-15(21)20-14-9-5-4-6-10-14/h4-6,9-10H,3,7-8,11-13H2,1-2H3,(H,20,21)(H2,17,18,19). The van der Waals surface area contributed by atoms with Crippen LogP contribution in [0.1, 0.15) is 19.8 Å². The quantitative estimate of drug-likeness (QED) is 0.371. The number of guanidine groups is 1. The van der Waals surface area contributed by atoms with Gasteiger partial charge in [0.05, 0.1) is 0 Å². The van der Waals surface area contributed by atoms with Crippen LogP contribution in [0.25, 0.3) is 0 Å². The molecule has 1 rings (SSSR count). The van der Waals surface area contributed by atoms with Gasteiger partial charge in [0.2, 0.25) is 5.91 Å². The number of amides is 1. The Morgan fingerprint density at radius 2 is 1.95 bits per heavy atom. The summed E-state index contributed by atoms with van der Waals surface area (Å²) in [6.45, 7) is 3.76. The highest BCUT2D eigenvalue weighted by Gasteiger charge is 2.02. The number of aliphatic imine (C=N–C) groups is 1. The molecule has 5 nitrogen and oxygen atoms in total. The van der Waals surface area contributed by atoms with E-state index in [1.165, 1.54) is 12.2 Å². The number of nitrogens with zero attached hydrogens (tertiary/aromatic N) is 1. The van der Waals surface area contributed by atoms with Crippen molar-refractivity contribution < 1.29 is 4.79 Å². The van der Waals surface area contributed by atoms with Crippen molar-refractivity contribution in [3.05, 3.63) is 30.3 Å². The van der Waals surface area contributed by atoms with Crippen LogP contribution < -0.4 is 16.0 Å². The van der Waals surface area contributed by atoms with Gasteiger partial charge in [0.1, 0.15) is 6.54 Å². The van der Waals surface area contributed by atoms with Crippen molar-refractivity contribution in [2.24, 2.45) is 4.99 Å². The number of unbranched alkanes of at least 4 members (excludes halogenated alkanes) is 1. The highest BCUT2D eigenvalue weighted by atomic mass is 32.2. The smallest absolute Gasteiger partial charge is 0.246 e. The Hall–Kier alpha value is -1.69. The summed E-state index contributed by atoms with van der Waals surface area (Å²) in [6, 6.07) is 9.41. The number of hydrogen-bond donors (Lipinski definition) is 3. The zero-order valence-electron chi connectivity index (χ0n) is 13.4. The minimum Gasteiger partial charge on any atom is -0.357 e. The zero-order valence-corrected chi connectivity index (χ0v) is 14.2. The Balaban J connectivity index is 2.35. The number of para-hydroxylation sites is 1. The maximum atomic E-state index is 11.9. The average molecular weight is 322 g/mol. The summed E-state index contributed by atoms with van der Waals surface area (Å²) in [5.74, 6) is 1.75. The molecule has 0 saturated heterocycles. The molecule has 0 spiro atoms. The largest absolute Gasteiger partial charge is 0.357 e. The van der Waals surface area contributed by atoms with Gasteiger partial charge < -0.3 is 16.0 Å². The SMILES string of the molecule is CCNC(=NCC(=O)Nc1ccccc1)NCCCCSC. The van der Waals surface area contributed by atoms with E-state index in [9.17, 15) is 4.79 Å². The summed E-state index contributed by atoms with van der Waals surface area (Å²) >= 11 is 1.86. The molecule has 0 aliphatic carbocycles. The number of anilines is 1. The van der Waals surface area contributed by atoms with Crippen molar-refractivity contribution in [1.29, 1.82) is 0 Å². The minimum absolute atomic E-state index is 0.106. The number of thioether (sulfide) groups is 1. The molecule has 1 amide bonds. The van der Waals surface area contributed by atoms with Crippen molar-refractivity contribution in [2.75, 3.05) is 37.0 Å². The number of benzene rings is 1. The molecule has 1 aromatic rings. The van der Waals surface area contributed by atoms with Crippen molar-refractivity contribution >= 4 is 29.3 Å². The normalized spacial score (nSPS) is 11.1. The molecule has 0 fully saturated rings. The molecule has 6 heteroatoms. The van der Waals surface area contributed by atoms with Crippen molar-refractivity contribution in [3.8, 4) is 0 Å². The predicted octanol–water partition coefficient (Wildman–Crippen LogP) is 2.32. The topological polar surface area (TPSA) is 65.5 Å². The molecular weight excluding hydrogens is 296 g/mol. The van der Waals surface area contributed by atoms with E-state index in [4.69, 9.17) is 0 Å². The first kappa shape index (κ1) is 18.4. The number of carbonyl (C=O) groups is 1. The lowest BCUT2D eigenvalue weighted by atomic mass is 10.3. The fourth-order valence-corrected chi connectivity index (χ4v) is 2.29. The van der Waals surface area contributed by atoms with Crippen LogP contribution in [0.3, 0.4) is 0 Å². The first-order chi connectivity index (χ1) is 10.8. The fourth-order valence-electron chi connectivity index (χ4n) is 1.79. The van der Waals surface area contributed by atoms with Gasteiger partial charge >= 0.3 is 0 Å². The number of rotatable bonds is 9. The first-order valence-electron chi connectivity index (χ1n) is 7.62. The van der Waals surface area contributed by atoms with E-state index in [0.29, 0.717) is 5.96 Å². The van der Waals surface area contributed by atoms with Gasteiger partial charge in [-0.05, 0) is 43.9 Å². The van der Waals surface area contributed by atoms with Crippen LogP contribution in [0, 0.1) is 0 Å². The van der Waals surface area contributed by atoms with Crippen LogP contribution in [-0.4, -0.2) is 43.5 Å². The second-order valence-corrected chi connectivity index (χ2v) is 5.72. The van der Waals surface area contributed by atoms with E-state index < -0.39 is 0 Å². The van der Waals surface area contributed by atoms with Crippen LogP contribution in [0.2, 0.25) is 0 Å². The van der Waals surface area contributed by atoms with Gasteiger partial charge in [0.25, 0.3) is 0 Å². The molecule has 0 radical (unpaired) electrons. The van der Waals surface area contributed by atoms with Gasteiger partial charge in [-0.3, -0.25) is 4.79 Å². The highest BCUT2D eigenvalue weighted by molar-refractivity contribution is 7.98. The van der Waals surface area contributed by atoms with Gasteiger partial charge in [-0.25, -0.2) is 4.99 Å². The monoisotopic (exact) mass is 322 g/mol. The molecule has 22 heavy (non-hydrogen) atoms. The molecule has 1 aromatic carbocycles. The third-order valence-electron chi connectivity index (χ3n) is 2.85. The Morgan fingerprint density at radius 1 is 1.18 bits per heavy atom. The van der Waals surface area contributed by atoms with Crippen LogP contribution >= 0.6 is 11.8 Å². The average Bonchev–Trinajstić information content (AvgIpc) is 2.53. The molecule has 0 saturated carbocycles. The fraction of sp³-hybridized carbons (Fsp3) is 0.500. The van der Waals surface area contributed by atoms with Gasteiger partial charge in [0.15, 0.2) is 5.96 Å². The van der Waals surface area contributed by atoms with Gasteiger partial charge in [-0.1, -0.05) is 18.2 Å². The molecule has 0 atom stereocenters. The van der Waals surface area contributed by atoms with Crippen LogP contribution in [-0.2, 0) is 4.79 Å². The summed E-state index contributed by atoms with van der Waals surface area (Å²) in [5, 5.41) is 9.21. The summed E-state index contributed by atoms with van der Waals surface area (Å²) in [7, 11) is 0. The molecule has 0 heterocycles. The van der Waals surface area contributed by atoms with Crippen LogP contribution in [0.15, 0.2) is 35.3 Å². The molecular formula is C16H26N4OS. The van der Waals surface area contributed by atoms with E-state index >= 15 is 0 Å². The van der Waals surface area contributed by atoms with Gasteiger partial charge in [0, 0.05) is 18.8 Å². The molecule has 0 unspecified atom stereocenters. The third-order valence-corrected chi connectivity index (χ3v) is 3.55. The summed E-state index contributed by atoms with van der Waals surface area (Å²) in [4.78, 5) is 16.2. The van der Waals surface area contributed by atoms with E-state index in [1.54, 1.807) is 0 Å². The Kier molecular flexibility index (Phi) is 9.94. The second kappa shape index (κ2) is 11.9. The van der Waals surface area contributed by atoms with Crippen LogP contribution in [0.4, 0.5) is 5.69 Å². The number of carbonyl (C=O) groups excluding carboxylic acids is 1. The Labute approximate surface area is 137 Å². The first-order valence-corrected chi connectivity index (χ1v) is 9.01. The van der Waals surface area contributed by atoms with E-state index in [-0.39, 0.29) is 12.5 Å². The third kappa shape index (κ3) is 8.56. The van der Waals surface area contributed by atoms with E-state index in [1.807, 2.05) is 49.0 Å². The summed E-state index contributed by atoms with van der Waals surface area (Å²) in [6.07, 6.45) is 4.40. The maximum absolute atomic E-state index is 11.9. The molecule has 0 aromatic heterocycles. The van der Waals surface area contributed by atoms with Gasteiger partial charge in [-0.15, -0.1) is 0 Å². The molecule has 0 aliphatic heterocycles. The molecule has 3 N–H and O–H groups in total. The summed E-state index contributed by atoms with van der Waals surface area (Å²) in [5.41, 5.74) is 0.790.